The van der Waals surface area contributed by atoms with E-state index in [1.54, 1.807) is 12.1 Å². The number of imide groups is 2. The molecule has 5 amide bonds. The number of hydrogen-bond donors (Lipinski definition) is 1. The predicted molar refractivity (Wildman–Crippen MR) is 100 cm³/mol. The Morgan fingerprint density at radius 2 is 1.63 bits per heavy atom. The van der Waals surface area contributed by atoms with Crippen LogP contribution in [0, 0.1) is 0 Å². The van der Waals surface area contributed by atoms with Crippen molar-refractivity contribution in [3.8, 4) is 0 Å². The fourth-order valence-electron chi connectivity index (χ4n) is 3.23. The van der Waals surface area contributed by atoms with Gasteiger partial charge in [-0.15, -0.1) is 6.58 Å². The third kappa shape index (κ3) is 3.99. The average molecular weight is 370 g/mol. The molecule has 2 aliphatic rings. The second-order valence-corrected chi connectivity index (χ2v) is 6.52. The van der Waals surface area contributed by atoms with Gasteiger partial charge in [0.25, 0.3) is 0 Å². The molecule has 8 nitrogen and oxygen atoms in total. The first-order valence-electron chi connectivity index (χ1n) is 8.94. The molecule has 2 heterocycles. The van der Waals surface area contributed by atoms with E-state index in [0.29, 0.717) is 10.6 Å². The molecule has 1 aromatic carbocycles. The lowest BCUT2D eigenvalue weighted by Gasteiger charge is -2.28. The number of urea groups is 1. The zero-order chi connectivity index (χ0) is 19.4. The summed E-state index contributed by atoms with van der Waals surface area (Å²) in [5.74, 6) is -2.49. The number of anilines is 2. The number of carbonyl (C=O) groups excluding carboxylic acids is 4. The van der Waals surface area contributed by atoms with Crippen LogP contribution in [0.2, 0.25) is 0 Å². The predicted octanol–water partition coefficient (Wildman–Crippen LogP) is 1.59. The molecule has 0 aromatic heterocycles. The van der Waals surface area contributed by atoms with Crippen molar-refractivity contribution in [1.82, 2.24) is 9.80 Å². The van der Waals surface area contributed by atoms with Gasteiger partial charge in [-0.2, -0.15) is 0 Å². The molecular weight excluding hydrogens is 348 g/mol. The van der Waals surface area contributed by atoms with Crippen LogP contribution in [-0.4, -0.2) is 59.7 Å². The molecule has 2 saturated heterocycles. The van der Waals surface area contributed by atoms with E-state index in [9.17, 15) is 19.2 Å². The van der Waals surface area contributed by atoms with Crippen LogP contribution >= 0.6 is 0 Å². The van der Waals surface area contributed by atoms with Crippen LogP contribution in [0.5, 0.6) is 0 Å². The lowest BCUT2D eigenvalue weighted by Crippen LogP contribution is -2.39. The number of nitrogens with zero attached hydrogens (tertiary/aromatic N) is 3. The monoisotopic (exact) mass is 370 g/mol. The number of benzene rings is 1. The van der Waals surface area contributed by atoms with Gasteiger partial charge in [0, 0.05) is 31.0 Å². The Labute approximate surface area is 157 Å². The molecule has 27 heavy (non-hydrogen) atoms. The molecular formula is C19H22N4O4. The van der Waals surface area contributed by atoms with E-state index in [2.05, 4.69) is 16.8 Å². The van der Waals surface area contributed by atoms with E-state index in [4.69, 9.17) is 0 Å². The standard InChI is InChI=1S/C19H22N4O4/c1-2-10-22-17(25)18(26)23(19(22)27)13-16(24)20-14-6-8-15(9-7-14)21-11-4-3-5-12-21/h2,6-9H,1,3-5,10-13H2,(H,20,24). The van der Waals surface area contributed by atoms with Gasteiger partial charge in [-0.25, -0.2) is 9.69 Å². The summed E-state index contributed by atoms with van der Waals surface area (Å²) in [7, 11) is 0. The van der Waals surface area contributed by atoms with Gasteiger partial charge in [-0.1, -0.05) is 6.08 Å². The molecule has 0 saturated carbocycles. The molecule has 2 fully saturated rings. The minimum atomic E-state index is -1.00. The summed E-state index contributed by atoms with van der Waals surface area (Å²) in [6.07, 6.45) is 4.96. The highest BCUT2D eigenvalue weighted by molar-refractivity contribution is 6.45. The number of hydrogen-bond acceptors (Lipinski definition) is 5. The molecule has 3 rings (SSSR count). The summed E-state index contributed by atoms with van der Waals surface area (Å²) >= 11 is 0. The Morgan fingerprint density at radius 1 is 1.00 bits per heavy atom. The Bertz CT molecular complexity index is 768. The van der Waals surface area contributed by atoms with Gasteiger partial charge >= 0.3 is 17.8 Å². The van der Waals surface area contributed by atoms with Crippen molar-refractivity contribution in [3.05, 3.63) is 36.9 Å². The molecule has 8 heteroatoms. The van der Waals surface area contributed by atoms with Crippen molar-refractivity contribution in [2.75, 3.05) is 36.4 Å². The van der Waals surface area contributed by atoms with Crippen molar-refractivity contribution >= 4 is 35.1 Å². The van der Waals surface area contributed by atoms with Gasteiger partial charge in [0.05, 0.1) is 0 Å². The Balaban J connectivity index is 1.59. The van der Waals surface area contributed by atoms with E-state index in [1.165, 1.54) is 25.3 Å². The van der Waals surface area contributed by atoms with Crippen molar-refractivity contribution in [2.24, 2.45) is 0 Å². The van der Waals surface area contributed by atoms with Gasteiger partial charge in [-0.05, 0) is 43.5 Å². The minimum Gasteiger partial charge on any atom is -0.372 e. The molecule has 0 bridgehead atoms. The van der Waals surface area contributed by atoms with Crippen LogP contribution in [0.25, 0.3) is 0 Å². The summed E-state index contributed by atoms with van der Waals surface area (Å²) in [4.78, 5) is 51.7. The minimum absolute atomic E-state index is 0.0700. The van der Waals surface area contributed by atoms with Crippen LogP contribution < -0.4 is 10.2 Å². The Kier molecular flexibility index (Phi) is 5.54. The van der Waals surface area contributed by atoms with Crippen LogP contribution in [-0.2, 0) is 14.4 Å². The van der Waals surface area contributed by atoms with Gasteiger partial charge in [0.1, 0.15) is 6.54 Å². The summed E-state index contributed by atoms with van der Waals surface area (Å²) < 4.78 is 0. The van der Waals surface area contributed by atoms with Crippen LogP contribution in [0.15, 0.2) is 36.9 Å². The van der Waals surface area contributed by atoms with Gasteiger partial charge in [0.2, 0.25) is 5.91 Å². The first-order valence-corrected chi connectivity index (χ1v) is 8.94. The third-order valence-corrected chi connectivity index (χ3v) is 4.62. The lowest BCUT2D eigenvalue weighted by molar-refractivity contribution is -0.143. The molecule has 1 aromatic rings. The molecule has 0 spiro atoms. The number of amides is 5. The van der Waals surface area contributed by atoms with Gasteiger partial charge in [0.15, 0.2) is 0 Å². The van der Waals surface area contributed by atoms with E-state index in [1.807, 2.05) is 12.1 Å². The maximum absolute atomic E-state index is 12.2. The summed E-state index contributed by atoms with van der Waals surface area (Å²) in [5.41, 5.74) is 1.66. The highest BCUT2D eigenvalue weighted by atomic mass is 16.2. The Morgan fingerprint density at radius 3 is 2.26 bits per heavy atom. The quantitative estimate of drug-likeness (QED) is 0.467. The molecule has 0 aliphatic carbocycles. The maximum Gasteiger partial charge on any atom is 0.335 e. The van der Waals surface area contributed by atoms with Crippen molar-refractivity contribution in [3.63, 3.8) is 0 Å². The van der Waals surface area contributed by atoms with Crippen LogP contribution in [0.1, 0.15) is 19.3 Å². The highest BCUT2D eigenvalue weighted by Gasteiger charge is 2.44. The first kappa shape index (κ1) is 18.6. The third-order valence-electron chi connectivity index (χ3n) is 4.62. The number of nitrogens with one attached hydrogen (secondary N) is 1. The zero-order valence-electron chi connectivity index (χ0n) is 15.0. The van der Waals surface area contributed by atoms with Crippen LogP contribution in [0.3, 0.4) is 0 Å². The van der Waals surface area contributed by atoms with E-state index < -0.39 is 30.3 Å². The molecule has 0 radical (unpaired) electrons. The van der Waals surface area contributed by atoms with E-state index in [0.717, 1.165) is 23.7 Å². The lowest BCUT2D eigenvalue weighted by atomic mass is 10.1. The number of carbonyl (C=O) groups is 4. The largest absolute Gasteiger partial charge is 0.372 e. The maximum atomic E-state index is 12.2. The fourth-order valence-corrected chi connectivity index (χ4v) is 3.23. The fraction of sp³-hybridized carbons (Fsp3) is 0.368. The molecule has 0 unspecified atom stereocenters. The van der Waals surface area contributed by atoms with E-state index >= 15 is 0 Å². The smallest absolute Gasteiger partial charge is 0.335 e. The second kappa shape index (κ2) is 8.03. The topological polar surface area (TPSA) is 90.0 Å². The molecule has 1 N–H and O–H groups in total. The van der Waals surface area contributed by atoms with Crippen molar-refractivity contribution in [2.45, 2.75) is 19.3 Å². The highest BCUT2D eigenvalue weighted by Crippen LogP contribution is 2.22. The Hall–Kier alpha value is -3.16. The van der Waals surface area contributed by atoms with Crippen molar-refractivity contribution < 1.29 is 19.2 Å². The van der Waals surface area contributed by atoms with E-state index in [-0.39, 0.29) is 6.54 Å². The number of rotatable bonds is 6. The molecule has 2 aliphatic heterocycles. The summed E-state index contributed by atoms with van der Waals surface area (Å²) in [6, 6.07) is 6.63. The number of piperidine rings is 1. The van der Waals surface area contributed by atoms with Crippen molar-refractivity contribution in [1.29, 1.82) is 0 Å². The first-order chi connectivity index (χ1) is 13.0. The summed E-state index contributed by atoms with van der Waals surface area (Å²) in [5, 5.41) is 2.65. The normalized spacial score (nSPS) is 17.5. The van der Waals surface area contributed by atoms with Crippen LogP contribution in [0.4, 0.5) is 16.2 Å². The average Bonchev–Trinajstić information content (AvgIpc) is 2.88. The van der Waals surface area contributed by atoms with Gasteiger partial charge < -0.3 is 10.2 Å². The summed E-state index contributed by atoms with van der Waals surface area (Å²) in [6.45, 7) is 4.92. The SMILES string of the molecule is C=CCN1C(=O)C(=O)N(CC(=O)Nc2ccc(N3CCCCC3)cc2)C1=O. The molecule has 0 atom stereocenters. The molecule has 142 valence electrons. The zero-order valence-corrected chi connectivity index (χ0v) is 15.0. The second-order valence-electron chi connectivity index (χ2n) is 6.52. The van der Waals surface area contributed by atoms with Gasteiger partial charge in [-0.3, -0.25) is 19.3 Å².